The minimum absolute atomic E-state index is 0.0227. The number of benzene rings is 1. The lowest BCUT2D eigenvalue weighted by molar-refractivity contribution is -0.385. The second-order valence-electron chi connectivity index (χ2n) is 4.90. The number of hydrogen-bond donors (Lipinski definition) is 1. The summed E-state index contributed by atoms with van der Waals surface area (Å²) in [6, 6.07) is 5.12. The molecule has 0 saturated heterocycles. The van der Waals surface area contributed by atoms with Gasteiger partial charge in [-0.05, 0) is 39.3 Å². The summed E-state index contributed by atoms with van der Waals surface area (Å²) in [7, 11) is 1.63. The predicted molar refractivity (Wildman–Crippen MR) is 78.4 cm³/mol. The molecule has 1 N–H and O–H groups in total. The number of nitro groups is 1. The second kappa shape index (κ2) is 7.69. The van der Waals surface area contributed by atoms with Gasteiger partial charge < -0.3 is 14.8 Å². The minimum atomic E-state index is -0.414. The van der Waals surface area contributed by atoms with Gasteiger partial charge in [0.2, 0.25) is 0 Å². The first-order valence-electron chi connectivity index (χ1n) is 6.65. The Morgan fingerprint density at radius 1 is 1.35 bits per heavy atom. The molecule has 6 heteroatoms. The summed E-state index contributed by atoms with van der Waals surface area (Å²) in [5.41, 5.74) is 0.446. The van der Waals surface area contributed by atoms with Crippen molar-refractivity contribution in [1.82, 2.24) is 0 Å². The van der Waals surface area contributed by atoms with E-state index in [2.05, 4.69) is 5.32 Å². The van der Waals surface area contributed by atoms with Crippen LogP contribution in [0.25, 0.3) is 0 Å². The molecule has 0 amide bonds. The van der Waals surface area contributed by atoms with Crippen molar-refractivity contribution in [3.8, 4) is 5.75 Å². The molecule has 0 radical (unpaired) electrons. The highest BCUT2D eigenvalue weighted by Crippen LogP contribution is 2.35. The molecule has 6 nitrogen and oxygen atoms in total. The van der Waals surface area contributed by atoms with Crippen LogP contribution in [0.3, 0.4) is 0 Å². The molecular weight excluding hydrogens is 260 g/mol. The number of anilines is 1. The SMILES string of the molecule is COCCC(C)Nc1cccc(OC(C)C)c1[N+](=O)[O-]. The van der Waals surface area contributed by atoms with E-state index in [9.17, 15) is 10.1 Å². The van der Waals surface area contributed by atoms with E-state index in [1.165, 1.54) is 0 Å². The van der Waals surface area contributed by atoms with Crippen LogP contribution in [0.15, 0.2) is 18.2 Å². The molecule has 0 saturated carbocycles. The maximum Gasteiger partial charge on any atom is 0.333 e. The Morgan fingerprint density at radius 2 is 2.05 bits per heavy atom. The lowest BCUT2D eigenvalue weighted by Crippen LogP contribution is -2.18. The summed E-state index contributed by atoms with van der Waals surface area (Å²) in [6.45, 7) is 6.24. The van der Waals surface area contributed by atoms with Crippen LogP contribution in [-0.4, -0.2) is 30.8 Å². The molecule has 0 aliphatic carbocycles. The number of ether oxygens (including phenoxy) is 2. The second-order valence-corrected chi connectivity index (χ2v) is 4.90. The van der Waals surface area contributed by atoms with Gasteiger partial charge in [-0.2, -0.15) is 0 Å². The average molecular weight is 282 g/mol. The van der Waals surface area contributed by atoms with E-state index in [-0.39, 0.29) is 23.6 Å². The van der Waals surface area contributed by atoms with Crippen molar-refractivity contribution in [2.45, 2.75) is 39.3 Å². The highest BCUT2D eigenvalue weighted by atomic mass is 16.6. The number of hydrogen-bond acceptors (Lipinski definition) is 5. The molecule has 0 fully saturated rings. The summed E-state index contributed by atoms with van der Waals surface area (Å²) in [6.07, 6.45) is 0.651. The molecule has 1 aromatic carbocycles. The Balaban J connectivity index is 2.97. The quantitative estimate of drug-likeness (QED) is 0.585. The van der Waals surface area contributed by atoms with Gasteiger partial charge in [0.15, 0.2) is 5.75 Å². The summed E-state index contributed by atoms with van der Waals surface area (Å²) in [4.78, 5) is 10.9. The lowest BCUT2D eigenvalue weighted by Gasteiger charge is -2.17. The van der Waals surface area contributed by atoms with Crippen LogP contribution in [-0.2, 0) is 4.74 Å². The van der Waals surface area contributed by atoms with Crippen molar-refractivity contribution in [2.75, 3.05) is 19.0 Å². The van der Waals surface area contributed by atoms with Gasteiger partial charge in [0.1, 0.15) is 5.69 Å². The highest BCUT2D eigenvalue weighted by Gasteiger charge is 2.22. The molecule has 1 atom stereocenters. The zero-order chi connectivity index (χ0) is 15.1. The van der Waals surface area contributed by atoms with Crippen molar-refractivity contribution < 1.29 is 14.4 Å². The number of nitrogens with one attached hydrogen (secondary N) is 1. The van der Waals surface area contributed by atoms with Crippen molar-refractivity contribution in [1.29, 1.82) is 0 Å². The summed E-state index contributed by atoms with van der Waals surface area (Å²) < 4.78 is 10.5. The van der Waals surface area contributed by atoms with Gasteiger partial charge in [0.05, 0.1) is 11.0 Å². The van der Waals surface area contributed by atoms with E-state index in [4.69, 9.17) is 9.47 Å². The third kappa shape index (κ3) is 4.70. The largest absolute Gasteiger partial charge is 0.484 e. The van der Waals surface area contributed by atoms with Crippen LogP contribution in [0.2, 0.25) is 0 Å². The number of rotatable bonds is 8. The lowest BCUT2D eigenvalue weighted by atomic mass is 10.2. The first kappa shape index (κ1) is 16.2. The molecular formula is C14H22N2O4. The topological polar surface area (TPSA) is 73.6 Å². The van der Waals surface area contributed by atoms with Crippen LogP contribution >= 0.6 is 0 Å². The monoisotopic (exact) mass is 282 g/mol. The smallest absolute Gasteiger partial charge is 0.333 e. The van der Waals surface area contributed by atoms with Gasteiger partial charge in [-0.3, -0.25) is 10.1 Å². The fourth-order valence-corrected chi connectivity index (χ4v) is 1.81. The van der Waals surface area contributed by atoms with Gasteiger partial charge in [-0.25, -0.2) is 0 Å². The van der Waals surface area contributed by atoms with Gasteiger partial charge in [-0.1, -0.05) is 6.07 Å². The van der Waals surface area contributed by atoms with Crippen LogP contribution < -0.4 is 10.1 Å². The molecule has 0 heterocycles. The summed E-state index contributed by atoms with van der Waals surface area (Å²) >= 11 is 0. The third-order valence-electron chi connectivity index (χ3n) is 2.70. The molecule has 20 heavy (non-hydrogen) atoms. The first-order valence-corrected chi connectivity index (χ1v) is 6.65. The Bertz CT molecular complexity index is 449. The third-order valence-corrected chi connectivity index (χ3v) is 2.70. The highest BCUT2D eigenvalue weighted by molar-refractivity contribution is 5.68. The Morgan fingerprint density at radius 3 is 2.60 bits per heavy atom. The maximum absolute atomic E-state index is 11.3. The molecule has 1 unspecified atom stereocenters. The van der Waals surface area contributed by atoms with Gasteiger partial charge in [-0.15, -0.1) is 0 Å². The molecule has 112 valence electrons. The van der Waals surface area contributed by atoms with Crippen molar-refractivity contribution in [3.63, 3.8) is 0 Å². The molecule has 1 rings (SSSR count). The van der Waals surface area contributed by atoms with Gasteiger partial charge in [0, 0.05) is 19.8 Å². The predicted octanol–water partition coefficient (Wildman–Crippen LogP) is 3.22. The molecule has 0 spiro atoms. The zero-order valence-electron chi connectivity index (χ0n) is 12.4. The number of methoxy groups -OCH3 is 1. The number of nitro benzene ring substituents is 1. The summed E-state index contributed by atoms with van der Waals surface area (Å²) in [5, 5.41) is 14.4. The van der Waals surface area contributed by atoms with Crippen molar-refractivity contribution >= 4 is 11.4 Å². The summed E-state index contributed by atoms with van der Waals surface area (Å²) in [5.74, 6) is 0.286. The Kier molecular flexibility index (Phi) is 6.24. The molecule has 0 aromatic heterocycles. The number of para-hydroxylation sites is 1. The standard InChI is InChI=1S/C14H22N2O4/c1-10(2)20-13-7-5-6-12(14(13)16(17)18)15-11(3)8-9-19-4/h5-7,10-11,15H,8-9H2,1-4H3. The Labute approximate surface area is 119 Å². The van der Waals surface area contributed by atoms with Crippen molar-refractivity contribution in [2.24, 2.45) is 0 Å². The fourth-order valence-electron chi connectivity index (χ4n) is 1.81. The number of nitrogens with zero attached hydrogens (tertiary/aromatic N) is 1. The molecule has 0 aliphatic heterocycles. The normalized spacial score (nSPS) is 12.2. The van der Waals surface area contributed by atoms with Crippen LogP contribution in [0.1, 0.15) is 27.2 Å². The van der Waals surface area contributed by atoms with Crippen LogP contribution in [0, 0.1) is 10.1 Å². The van der Waals surface area contributed by atoms with Crippen LogP contribution in [0.5, 0.6) is 5.75 Å². The first-order chi connectivity index (χ1) is 9.45. The van der Waals surface area contributed by atoms with E-state index in [1.54, 1.807) is 25.3 Å². The fraction of sp³-hybridized carbons (Fsp3) is 0.571. The van der Waals surface area contributed by atoms with E-state index in [0.29, 0.717) is 12.3 Å². The van der Waals surface area contributed by atoms with Gasteiger partial charge in [0.25, 0.3) is 0 Å². The van der Waals surface area contributed by atoms with Crippen LogP contribution in [0.4, 0.5) is 11.4 Å². The van der Waals surface area contributed by atoms with E-state index in [0.717, 1.165) is 6.42 Å². The van der Waals surface area contributed by atoms with E-state index < -0.39 is 4.92 Å². The van der Waals surface area contributed by atoms with Crippen molar-refractivity contribution in [3.05, 3.63) is 28.3 Å². The molecule has 0 aliphatic rings. The van der Waals surface area contributed by atoms with E-state index in [1.807, 2.05) is 20.8 Å². The average Bonchev–Trinajstić information content (AvgIpc) is 2.35. The zero-order valence-corrected chi connectivity index (χ0v) is 12.4. The maximum atomic E-state index is 11.3. The van der Waals surface area contributed by atoms with E-state index >= 15 is 0 Å². The Hall–Kier alpha value is -1.82. The van der Waals surface area contributed by atoms with Gasteiger partial charge >= 0.3 is 5.69 Å². The minimum Gasteiger partial charge on any atom is -0.484 e. The molecule has 0 bridgehead atoms. The molecule has 1 aromatic rings.